The molecule has 0 aliphatic carbocycles. The molecule has 2 amide bonds. The van der Waals surface area contributed by atoms with Crippen LogP contribution in [0.5, 0.6) is 5.75 Å². The molecule has 2 aromatic carbocycles. The van der Waals surface area contributed by atoms with E-state index in [1.807, 2.05) is 49.4 Å². The van der Waals surface area contributed by atoms with Crippen molar-refractivity contribution in [2.45, 2.75) is 33.1 Å². The first-order valence-electron chi connectivity index (χ1n) is 10.5. The van der Waals surface area contributed by atoms with Crippen molar-refractivity contribution in [3.8, 4) is 11.4 Å². The van der Waals surface area contributed by atoms with E-state index in [9.17, 15) is 9.59 Å². The number of rotatable bonds is 6. The fourth-order valence-corrected chi connectivity index (χ4v) is 3.14. The average Bonchev–Trinajstić information content (AvgIpc) is 3.18. The number of aryl methyl sites for hydroxylation is 1. The molecule has 0 saturated carbocycles. The van der Waals surface area contributed by atoms with Crippen LogP contribution in [0.1, 0.15) is 42.4 Å². The Morgan fingerprint density at radius 1 is 1.06 bits per heavy atom. The standard InChI is InChI=1S/C25H30N4O3/c1-17-7-9-18(10-8-17)24(31)28(5)16-23(30)26-22-15-21(25(2,3)4)27-29(22)19-11-13-20(32-6)14-12-19/h7-15H,16H2,1-6H3,(H,26,30). The monoisotopic (exact) mass is 434 g/mol. The minimum atomic E-state index is -0.303. The molecule has 32 heavy (non-hydrogen) atoms. The summed E-state index contributed by atoms with van der Waals surface area (Å²) in [6.07, 6.45) is 0. The average molecular weight is 435 g/mol. The van der Waals surface area contributed by atoms with Gasteiger partial charge in [0, 0.05) is 24.1 Å². The Morgan fingerprint density at radius 2 is 1.69 bits per heavy atom. The van der Waals surface area contributed by atoms with Crippen LogP contribution in [-0.2, 0) is 10.2 Å². The van der Waals surface area contributed by atoms with Crippen LogP contribution in [0.4, 0.5) is 5.82 Å². The molecule has 1 heterocycles. The van der Waals surface area contributed by atoms with Gasteiger partial charge >= 0.3 is 0 Å². The lowest BCUT2D eigenvalue weighted by atomic mass is 9.92. The largest absolute Gasteiger partial charge is 0.497 e. The van der Waals surface area contributed by atoms with Crippen molar-refractivity contribution in [2.75, 3.05) is 26.0 Å². The van der Waals surface area contributed by atoms with Crippen molar-refractivity contribution in [2.24, 2.45) is 0 Å². The lowest BCUT2D eigenvalue weighted by Gasteiger charge is -2.17. The van der Waals surface area contributed by atoms with Gasteiger partial charge in [-0.2, -0.15) is 5.10 Å². The number of ether oxygens (including phenoxy) is 1. The number of hydrogen-bond donors (Lipinski definition) is 1. The first-order chi connectivity index (χ1) is 15.1. The summed E-state index contributed by atoms with van der Waals surface area (Å²) in [7, 11) is 3.23. The molecule has 0 aliphatic heterocycles. The van der Waals surface area contributed by atoms with Gasteiger partial charge in [-0.15, -0.1) is 0 Å². The molecule has 0 saturated heterocycles. The lowest BCUT2D eigenvalue weighted by Crippen LogP contribution is -2.35. The number of nitrogens with one attached hydrogen (secondary N) is 1. The Bertz CT molecular complexity index is 1090. The SMILES string of the molecule is COc1ccc(-n2nc(C(C)(C)C)cc2NC(=O)CN(C)C(=O)c2ccc(C)cc2)cc1. The van der Waals surface area contributed by atoms with Crippen LogP contribution >= 0.6 is 0 Å². The molecule has 0 unspecified atom stereocenters. The lowest BCUT2D eigenvalue weighted by molar-refractivity contribution is -0.116. The molecule has 1 N–H and O–H groups in total. The van der Waals surface area contributed by atoms with E-state index < -0.39 is 0 Å². The molecule has 1 aromatic heterocycles. The Balaban J connectivity index is 1.80. The molecular weight excluding hydrogens is 404 g/mol. The Morgan fingerprint density at radius 3 is 2.25 bits per heavy atom. The maximum Gasteiger partial charge on any atom is 0.254 e. The Hall–Kier alpha value is -3.61. The van der Waals surface area contributed by atoms with E-state index in [1.165, 1.54) is 4.90 Å². The van der Waals surface area contributed by atoms with Gasteiger partial charge in [0.1, 0.15) is 11.6 Å². The van der Waals surface area contributed by atoms with E-state index in [0.717, 1.165) is 22.7 Å². The Labute approximate surface area is 189 Å². The van der Waals surface area contributed by atoms with Gasteiger partial charge in [0.05, 0.1) is 25.0 Å². The molecule has 3 rings (SSSR count). The zero-order chi connectivity index (χ0) is 23.5. The summed E-state index contributed by atoms with van der Waals surface area (Å²) < 4.78 is 6.93. The van der Waals surface area contributed by atoms with Crippen LogP contribution in [0.2, 0.25) is 0 Å². The molecule has 7 heteroatoms. The van der Waals surface area contributed by atoms with Crippen LogP contribution < -0.4 is 10.1 Å². The number of benzene rings is 2. The topological polar surface area (TPSA) is 76.5 Å². The first-order valence-corrected chi connectivity index (χ1v) is 10.5. The van der Waals surface area contributed by atoms with E-state index in [4.69, 9.17) is 9.84 Å². The number of anilines is 1. The van der Waals surface area contributed by atoms with Crippen LogP contribution in [0.3, 0.4) is 0 Å². The molecule has 0 fully saturated rings. The highest BCUT2D eigenvalue weighted by Crippen LogP contribution is 2.27. The number of nitrogens with zero attached hydrogens (tertiary/aromatic N) is 3. The summed E-state index contributed by atoms with van der Waals surface area (Å²) in [4.78, 5) is 26.8. The number of carbonyl (C=O) groups excluding carboxylic acids is 2. The van der Waals surface area contributed by atoms with Crippen molar-refractivity contribution in [3.63, 3.8) is 0 Å². The third kappa shape index (κ3) is 5.35. The zero-order valence-corrected chi connectivity index (χ0v) is 19.5. The second-order valence-corrected chi connectivity index (χ2v) is 8.85. The molecule has 0 aliphatic rings. The van der Waals surface area contributed by atoms with Gasteiger partial charge in [0.15, 0.2) is 0 Å². The molecular formula is C25H30N4O3. The summed E-state index contributed by atoms with van der Waals surface area (Å²) >= 11 is 0. The number of methoxy groups -OCH3 is 1. The molecule has 0 atom stereocenters. The fraction of sp³-hybridized carbons (Fsp3) is 0.320. The number of amides is 2. The molecule has 3 aromatic rings. The smallest absolute Gasteiger partial charge is 0.254 e. The van der Waals surface area contributed by atoms with Gasteiger partial charge in [-0.3, -0.25) is 9.59 Å². The number of likely N-dealkylation sites (N-methyl/N-ethyl adjacent to an activating group) is 1. The minimum Gasteiger partial charge on any atom is -0.497 e. The molecule has 7 nitrogen and oxygen atoms in total. The predicted molar refractivity (Wildman–Crippen MR) is 126 cm³/mol. The first kappa shape index (κ1) is 23.1. The van der Waals surface area contributed by atoms with Crippen molar-refractivity contribution >= 4 is 17.6 Å². The van der Waals surface area contributed by atoms with E-state index in [0.29, 0.717) is 11.4 Å². The predicted octanol–water partition coefficient (Wildman–Crippen LogP) is 4.20. The maximum absolute atomic E-state index is 12.8. The minimum absolute atomic E-state index is 0.0780. The summed E-state index contributed by atoms with van der Waals surface area (Å²) in [6.45, 7) is 8.07. The number of hydrogen-bond acceptors (Lipinski definition) is 4. The third-order valence-electron chi connectivity index (χ3n) is 5.09. The van der Waals surface area contributed by atoms with E-state index >= 15 is 0 Å². The van der Waals surface area contributed by atoms with Gasteiger partial charge in [0.2, 0.25) is 5.91 Å². The van der Waals surface area contributed by atoms with Crippen molar-refractivity contribution < 1.29 is 14.3 Å². The van der Waals surface area contributed by atoms with Gasteiger partial charge in [-0.05, 0) is 43.3 Å². The molecule has 0 bridgehead atoms. The third-order valence-corrected chi connectivity index (χ3v) is 5.09. The molecule has 0 radical (unpaired) electrons. The number of aromatic nitrogens is 2. The van der Waals surface area contributed by atoms with Crippen molar-refractivity contribution in [1.82, 2.24) is 14.7 Å². The van der Waals surface area contributed by atoms with Gasteiger partial charge in [-0.1, -0.05) is 38.5 Å². The van der Waals surface area contributed by atoms with Crippen molar-refractivity contribution in [3.05, 3.63) is 71.4 Å². The highest BCUT2D eigenvalue weighted by atomic mass is 16.5. The maximum atomic E-state index is 12.8. The summed E-state index contributed by atoms with van der Waals surface area (Å²) in [5.41, 5.74) is 3.05. The van der Waals surface area contributed by atoms with E-state index in [2.05, 4.69) is 26.1 Å². The van der Waals surface area contributed by atoms with E-state index in [1.54, 1.807) is 31.0 Å². The van der Waals surface area contributed by atoms with Crippen LogP contribution in [0, 0.1) is 6.92 Å². The summed E-state index contributed by atoms with van der Waals surface area (Å²) in [5.74, 6) is 0.766. The number of carbonyl (C=O) groups is 2. The van der Waals surface area contributed by atoms with Crippen LogP contribution in [0.25, 0.3) is 5.69 Å². The quantitative estimate of drug-likeness (QED) is 0.631. The Kier molecular flexibility index (Phi) is 6.67. The van der Waals surface area contributed by atoms with Crippen LogP contribution in [-0.4, -0.2) is 47.2 Å². The molecule has 168 valence electrons. The normalized spacial score (nSPS) is 11.2. The van der Waals surface area contributed by atoms with E-state index in [-0.39, 0.29) is 23.8 Å². The fourth-order valence-electron chi connectivity index (χ4n) is 3.14. The highest BCUT2D eigenvalue weighted by molar-refractivity contribution is 5.99. The zero-order valence-electron chi connectivity index (χ0n) is 19.5. The second-order valence-electron chi connectivity index (χ2n) is 8.85. The second kappa shape index (κ2) is 9.26. The van der Waals surface area contributed by atoms with Crippen molar-refractivity contribution in [1.29, 1.82) is 0 Å². The van der Waals surface area contributed by atoms with Gasteiger partial charge in [-0.25, -0.2) is 4.68 Å². The highest BCUT2D eigenvalue weighted by Gasteiger charge is 2.22. The summed E-state index contributed by atoms with van der Waals surface area (Å²) in [6, 6.07) is 16.6. The summed E-state index contributed by atoms with van der Waals surface area (Å²) in [5, 5.41) is 7.62. The van der Waals surface area contributed by atoms with Gasteiger partial charge < -0.3 is 15.0 Å². The van der Waals surface area contributed by atoms with Gasteiger partial charge in [0.25, 0.3) is 5.91 Å². The van der Waals surface area contributed by atoms with Crippen LogP contribution in [0.15, 0.2) is 54.6 Å². The molecule has 0 spiro atoms.